The Balaban J connectivity index is 2.07. The van der Waals surface area contributed by atoms with Gasteiger partial charge in [0.05, 0.1) is 19.8 Å². The maximum Gasteiger partial charge on any atom is 0.348 e. The van der Waals surface area contributed by atoms with E-state index in [2.05, 4.69) is 10.3 Å². The van der Waals surface area contributed by atoms with Gasteiger partial charge in [-0.05, 0) is 19.4 Å². The molecule has 0 spiro atoms. The molecule has 0 saturated carbocycles. The molecule has 0 aliphatic carbocycles. The number of hydrogen-bond acceptors (Lipinski definition) is 9. The van der Waals surface area contributed by atoms with Crippen LogP contribution in [0.3, 0.4) is 0 Å². The van der Waals surface area contributed by atoms with Crippen LogP contribution in [-0.2, 0) is 14.3 Å². The molecule has 26 heavy (non-hydrogen) atoms. The lowest BCUT2D eigenvalue weighted by Crippen LogP contribution is -2.14. The highest BCUT2D eigenvalue weighted by atomic mass is 32.2. The van der Waals surface area contributed by atoms with Crippen LogP contribution in [0.15, 0.2) is 9.72 Å². The molecule has 1 N–H and O–H groups in total. The van der Waals surface area contributed by atoms with Crippen LogP contribution in [0.4, 0.5) is 5.00 Å². The Kier molecular flexibility index (Phi) is 7.18. The lowest BCUT2D eigenvalue weighted by atomic mass is 10.1. The number of carbonyl (C=O) groups excluding carboxylic acids is 3. The van der Waals surface area contributed by atoms with Crippen LogP contribution in [-0.4, -0.2) is 42.8 Å². The number of rotatable bonds is 7. The fourth-order valence-electron chi connectivity index (χ4n) is 2.06. The van der Waals surface area contributed by atoms with E-state index in [1.807, 2.05) is 12.3 Å². The number of ether oxygens (including phenoxy) is 2. The number of anilines is 1. The van der Waals surface area contributed by atoms with Gasteiger partial charge in [0, 0.05) is 23.2 Å². The van der Waals surface area contributed by atoms with Crippen LogP contribution >= 0.6 is 34.4 Å². The predicted octanol–water partition coefficient (Wildman–Crippen LogP) is 3.52. The number of nitrogens with one attached hydrogen (secondary N) is 1. The van der Waals surface area contributed by atoms with Gasteiger partial charge in [-0.1, -0.05) is 11.8 Å². The second kappa shape index (κ2) is 9.15. The third-order valence-electron chi connectivity index (χ3n) is 3.31. The Hall–Kier alpha value is -1.91. The van der Waals surface area contributed by atoms with E-state index in [1.54, 1.807) is 6.92 Å². The van der Waals surface area contributed by atoms with E-state index >= 15 is 0 Å². The van der Waals surface area contributed by atoms with E-state index in [9.17, 15) is 14.4 Å². The fraction of sp³-hybridized carbons (Fsp3) is 0.375. The van der Waals surface area contributed by atoms with Gasteiger partial charge in [-0.25, -0.2) is 14.6 Å². The van der Waals surface area contributed by atoms with Crippen molar-refractivity contribution in [3.8, 4) is 0 Å². The number of nitrogens with zero attached hydrogens (tertiary/aromatic N) is 1. The largest absolute Gasteiger partial charge is 0.465 e. The summed E-state index contributed by atoms with van der Waals surface area (Å²) in [6, 6.07) is 0. The maximum atomic E-state index is 12.2. The molecule has 7 nitrogen and oxygen atoms in total. The van der Waals surface area contributed by atoms with E-state index < -0.39 is 11.9 Å². The number of esters is 2. The fourth-order valence-corrected chi connectivity index (χ4v) is 5.04. The van der Waals surface area contributed by atoms with Gasteiger partial charge in [0.2, 0.25) is 5.91 Å². The summed E-state index contributed by atoms with van der Waals surface area (Å²) in [6.07, 6.45) is 0.244. The number of thioether (sulfide) groups is 1. The normalized spacial score (nSPS) is 10.5. The summed E-state index contributed by atoms with van der Waals surface area (Å²) in [7, 11) is 2.50. The zero-order valence-electron chi connectivity index (χ0n) is 14.7. The van der Waals surface area contributed by atoms with E-state index in [4.69, 9.17) is 9.47 Å². The monoisotopic (exact) mass is 414 g/mol. The first-order chi connectivity index (χ1) is 12.4. The highest BCUT2D eigenvalue weighted by molar-refractivity contribution is 8.01. The first-order valence-electron chi connectivity index (χ1n) is 7.52. The minimum atomic E-state index is -0.614. The second-order valence-electron chi connectivity index (χ2n) is 5.14. The molecule has 10 heteroatoms. The third-order valence-corrected chi connectivity index (χ3v) is 6.64. The molecule has 0 radical (unpaired) electrons. The molecule has 1 amide bonds. The van der Waals surface area contributed by atoms with Gasteiger partial charge >= 0.3 is 11.9 Å². The molecule has 0 aliphatic heterocycles. The van der Waals surface area contributed by atoms with Crippen molar-refractivity contribution in [2.75, 3.05) is 25.3 Å². The van der Waals surface area contributed by atoms with Crippen LogP contribution in [0.2, 0.25) is 0 Å². The number of carbonyl (C=O) groups is 3. The van der Waals surface area contributed by atoms with Crippen molar-refractivity contribution in [3.05, 3.63) is 27.1 Å². The summed E-state index contributed by atoms with van der Waals surface area (Å²) in [6.45, 7) is 3.53. The molecule has 0 atom stereocenters. The molecule has 0 unspecified atom stereocenters. The quantitative estimate of drug-likeness (QED) is 0.547. The number of amides is 1. The van der Waals surface area contributed by atoms with Crippen molar-refractivity contribution in [3.63, 3.8) is 0 Å². The van der Waals surface area contributed by atoms with Crippen molar-refractivity contribution in [2.24, 2.45) is 0 Å². The minimum Gasteiger partial charge on any atom is -0.465 e. The number of thiazole rings is 1. The average Bonchev–Trinajstić information content (AvgIpc) is 3.16. The molecule has 2 aromatic heterocycles. The van der Waals surface area contributed by atoms with E-state index in [0.29, 0.717) is 11.3 Å². The summed E-state index contributed by atoms with van der Waals surface area (Å²) >= 11 is 4.03. The standard InChI is InChI=1S/C16H18N2O5S3/c1-8-7-25-16(17-8)24-6-5-10(19)18-13-11(14(20)22-3)9(2)12(26-13)15(21)23-4/h7H,5-6H2,1-4H3,(H,18,19). The average molecular weight is 415 g/mol. The van der Waals surface area contributed by atoms with E-state index in [-0.39, 0.29) is 27.8 Å². The van der Waals surface area contributed by atoms with Gasteiger partial charge in [-0.15, -0.1) is 22.7 Å². The van der Waals surface area contributed by atoms with Gasteiger partial charge in [0.25, 0.3) is 0 Å². The van der Waals surface area contributed by atoms with Crippen LogP contribution < -0.4 is 5.32 Å². The second-order valence-corrected chi connectivity index (χ2v) is 8.37. The van der Waals surface area contributed by atoms with E-state index in [1.165, 1.54) is 37.3 Å². The van der Waals surface area contributed by atoms with Crippen molar-refractivity contribution >= 4 is 57.3 Å². The predicted molar refractivity (Wildman–Crippen MR) is 103 cm³/mol. The summed E-state index contributed by atoms with van der Waals surface area (Å²) < 4.78 is 10.4. The maximum absolute atomic E-state index is 12.2. The zero-order chi connectivity index (χ0) is 19.3. The summed E-state index contributed by atoms with van der Waals surface area (Å²) in [4.78, 5) is 40.7. The molecular formula is C16H18N2O5S3. The van der Waals surface area contributed by atoms with Gasteiger partial charge < -0.3 is 14.8 Å². The molecule has 0 bridgehead atoms. The Morgan fingerprint density at radius 2 is 1.88 bits per heavy atom. The molecule has 140 valence electrons. The molecule has 0 aromatic carbocycles. The molecule has 0 fully saturated rings. The first kappa shape index (κ1) is 20.4. The smallest absolute Gasteiger partial charge is 0.348 e. The Bertz CT molecular complexity index is 828. The molecule has 0 aliphatic rings. The lowest BCUT2D eigenvalue weighted by Gasteiger charge is -2.05. The number of hydrogen-bond donors (Lipinski definition) is 1. The van der Waals surface area contributed by atoms with Crippen molar-refractivity contribution in [2.45, 2.75) is 24.6 Å². The number of aryl methyl sites for hydroxylation is 1. The van der Waals surface area contributed by atoms with Crippen LogP contribution in [0.25, 0.3) is 0 Å². The summed E-state index contributed by atoms with van der Waals surface area (Å²) in [5.41, 5.74) is 1.56. The highest BCUT2D eigenvalue weighted by Crippen LogP contribution is 2.34. The first-order valence-corrected chi connectivity index (χ1v) is 10.2. The van der Waals surface area contributed by atoms with Gasteiger partial charge in [-0.2, -0.15) is 0 Å². The molecule has 0 saturated heterocycles. The van der Waals surface area contributed by atoms with Crippen LogP contribution in [0.1, 0.15) is 37.7 Å². The van der Waals surface area contributed by atoms with Crippen molar-refractivity contribution in [1.82, 2.24) is 4.98 Å². The molecule has 2 heterocycles. The Morgan fingerprint density at radius 3 is 2.46 bits per heavy atom. The molecular weight excluding hydrogens is 396 g/mol. The van der Waals surface area contributed by atoms with E-state index in [0.717, 1.165) is 21.4 Å². The summed E-state index contributed by atoms with van der Waals surface area (Å²) in [5, 5.41) is 4.94. The highest BCUT2D eigenvalue weighted by Gasteiger charge is 2.26. The minimum absolute atomic E-state index is 0.175. The van der Waals surface area contributed by atoms with Gasteiger partial charge in [0.1, 0.15) is 14.2 Å². The lowest BCUT2D eigenvalue weighted by molar-refractivity contribution is -0.115. The van der Waals surface area contributed by atoms with Gasteiger partial charge in [0.15, 0.2) is 0 Å². The molecule has 2 rings (SSSR count). The SMILES string of the molecule is COC(=O)c1sc(NC(=O)CCSc2nc(C)cs2)c(C(=O)OC)c1C. The van der Waals surface area contributed by atoms with Crippen molar-refractivity contribution in [1.29, 1.82) is 0 Å². The van der Waals surface area contributed by atoms with Crippen LogP contribution in [0, 0.1) is 13.8 Å². The third kappa shape index (κ3) is 4.83. The van der Waals surface area contributed by atoms with Crippen LogP contribution in [0.5, 0.6) is 0 Å². The zero-order valence-corrected chi connectivity index (χ0v) is 17.2. The van der Waals surface area contributed by atoms with Gasteiger partial charge in [-0.3, -0.25) is 4.79 Å². The number of thiophene rings is 1. The number of aromatic nitrogens is 1. The number of methoxy groups -OCH3 is 2. The molecule has 2 aromatic rings. The van der Waals surface area contributed by atoms with Crippen molar-refractivity contribution < 1.29 is 23.9 Å². The summed E-state index contributed by atoms with van der Waals surface area (Å²) in [5.74, 6) is -0.876. The Morgan fingerprint density at radius 1 is 1.19 bits per heavy atom. The topological polar surface area (TPSA) is 94.6 Å². The Labute approximate surface area is 163 Å².